The molecule has 1 aliphatic heterocycles. The van der Waals surface area contributed by atoms with Crippen LogP contribution in [0.1, 0.15) is 5.56 Å². The Morgan fingerprint density at radius 2 is 2.13 bits per heavy atom. The molecule has 0 aliphatic carbocycles. The van der Waals surface area contributed by atoms with Crippen molar-refractivity contribution in [1.82, 2.24) is 10.7 Å². The molecule has 0 aromatic heterocycles. The van der Waals surface area contributed by atoms with Crippen molar-refractivity contribution in [3.8, 4) is 0 Å². The standard InChI is InChI=1S/C10H12N4O/c11-8-3-1-7(2-4-8)9-5-12-10(6-15)14-13-9/h1-4,6,10,12,14H,5,11H2. The van der Waals surface area contributed by atoms with Gasteiger partial charge in [0, 0.05) is 12.2 Å². The summed E-state index contributed by atoms with van der Waals surface area (Å²) in [6, 6.07) is 7.45. The Morgan fingerprint density at radius 1 is 1.40 bits per heavy atom. The first-order valence-corrected chi connectivity index (χ1v) is 4.66. The van der Waals surface area contributed by atoms with Gasteiger partial charge in [0.05, 0.1) is 5.71 Å². The van der Waals surface area contributed by atoms with Crippen LogP contribution < -0.4 is 16.5 Å². The zero-order valence-electron chi connectivity index (χ0n) is 8.10. The molecule has 1 aromatic rings. The Morgan fingerprint density at radius 3 is 2.67 bits per heavy atom. The fraction of sp³-hybridized carbons (Fsp3) is 0.200. The van der Waals surface area contributed by atoms with Crippen LogP contribution in [-0.4, -0.2) is 24.7 Å². The number of hydrazone groups is 1. The third kappa shape index (κ3) is 2.13. The number of hydrogen-bond donors (Lipinski definition) is 3. The Bertz CT molecular complexity index is 385. The third-order valence-electron chi connectivity index (χ3n) is 2.21. The highest BCUT2D eigenvalue weighted by Crippen LogP contribution is 2.07. The number of carbonyl (C=O) groups is 1. The maximum absolute atomic E-state index is 10.4. The van der Waals surface area contributed by atoms with Crippen LogP contribution in [0.3, 0.4) is 0 Å². The van der Waals surface area contributed by atoms with Crippen molar-refractivity contribution >= 4 is 17.7 Å². The maximum Gasteiger partial charge on any atom is 0.158 e. The molecule has 1 unspecified atom stereocenters. The number of benzene rings is 1. The summed E-state index contributed by atoms with van der Waals surface area (Å²) in [7, 11) is 0. The molecule has 1 aliphatic rings. The number of nitrogens with zero attached hydrogens (tertiary/aromatic N) is 1. The van der Waals surface area contributed by atoms with Crippen LogP contribution in [0.15, 0.2) is 29.4 Å². The minimum absolute atomic E-state index is 0.387. The molecule has 5 nitrogen and oxygen atoms in total. The lowest BCUT2D eigenvalue weighted by Gasteiger charge is -2.19. The normalized spacial score (nSPS) is 20.3. The number of nitrogens with two attached hydrogens (primary N) is 1. The van der Waals surface area contributed by atoms with E-state index in [1.165, 1.54) is 0 Å². The average molecular weight is 204 g/mol. The summed E-state index contributed by atoms with van der Waals surface area (Å²) >= 11 is 0. The summed E-state index contributed by atoms with van der Waals surface area (Å²) in [5.41, 5.74) is 10.9. The molecule has 1 heterocycles. The second-order valence-corrected chi connectivity index (χ2v) is 3.30. The number of aldehydes is 1. The Kier molecular flexibility index (Phi) is 2.64. The SMILES string of the molecule is Nc1ccc(C2=NNC(C=O)NC2)cc1. The van der Waals surface area contributed by atoms with Gasteiger partial charge in [-0.3, -0.25) is 15.5 Å². The predicted octanol–water partition coefficient (Wildman–Crippen LogP) is -0.309. The summed E-state index contributed by atoms with van der Waals surface area (Å²) in [5.74, 6) is 0. The van der Waals surface area contributed by atoms with Gasteiger partial charge >= 0.3 is 0 Å². The molecule has 0 saturated carbocycles. The second kappa shape index (κ2) is 4.10. The van der Waals surface area contributed by atoms with E-state index < -0.39 is 0 Å². The van der Waals surface area contributed by atoms with Gasteiger partial charge in [0.2, 0.25) is 0 Å². The minimum Gasteiger partial charge on any atom is -0.399 e. The molecular weight excluding hydrogens is 192 g/mol. The molecule has 2 rings (SSSR count). The van der Waals surface area contributed by atoms with Crippen LogP contribution in [0.5, 0.6) is 0 Å². The van der Waals surface area contributed by atoms with E-state index in [1.807, 2.05) is 24.3 Å². The number of carbonyl (C=O) groups excluding carboxylic acids is 1. The molecule has 4 N–H and O–H groups in total. The van der Waals surface area contributed by atoms with Crippen LogP contribution in [0.4, 0.5) is 5.69 Å². The van der Waals surface area contributed by atoms with Gasteiger partial charge in [-0.25, -0.2) is 0 Å². The molecule has 78 valence electrons. The molecule has 15 heavy (non-hydrogen) atoms. The van der Waals surface area contributed by atoms with Gasteiger partial charge in [-0.2, -0.15) is 5.10 Å². The summed E-state index contributed by atoms with van der Waals surface area (Å²) in [6.07, 6.45) is 0.394. The van der Waals surface area contributed by atoms with E-state index in [2.05, 4.69) is 15.8 Å². The van der Waals surface area contributed by atoms with Crippen molar-refractivity contribution in [3.63, 3.8) is 0 Å². The van der Waals surface area contributed by atoms with Crippen molar-refractivity contribution in [3.05, 3.63) is 29.8 Å². The molecule has 0 saturated heterocycles. The fourth-order valence-electron chi connectivity index (χ4n) is 1.36. The van der Waals surface area contributed by atoms with Crippen LogP contribution >= 0.6 is 0 Å². The number of nitrogens with one attached hydrogen (secondary N) is 2. The minimum atomic E-state index is -0.387. The smallest absolute Gasteiger partial charge is 0.158 e. The van der Waals surface area contributed by atoms with E-state index in [0.29, 0.717) is 6.54 Å². The van der Waals surface area contributed by atoms with Crippen molar-refractivity contribution in [2.24, 2.45) is 5.10 Å². The van der Waals surface area contributed by atoms with Crippen LogP contribution in [-0.2, 0) is 4.79 Å². The van der Waals surface area contributed by atoms with Gasteiger partial charge < -0.3 is 5.73 Å². The highest BCUT2D eigenvalue weighted by molar-refractivity contribution is 6.02. The monoisotopic (exact) mass is 204 g/mol. The van der Waals surface area contributed by atoms with E-state index in [0.717, 1.165) is 23.2 Å². The zero-order chi connectivity index (χ0) is 10.7. The first-order chi connectivity index (χ1) is 7.29. The van der Waals surface area contributed by atoms with Gasteiger partial charge in [-0.05, 0) is 17.7 Å². The lowest BCUT2D eigenvalue weighted by molar-refractivity contribution is -0.110. The molecule has 5 heteroatoms. The zero-order valence-corrected chi connectivity index (χ0v) is 8.10. The van der Waals surface area contributed by atoms with Crippen molar-refractivity contribution in [2.75, 3.05) is 12.3 Å². The number of anilines is 1. The first kappa shape index (κ1) is 9.67. The average Bonchev–Trinajstić information content (AvgIpc) is 2.30. The number of rotatable bonds is 2. The Hall–Kier alpha value is -1.88. The maximum atomic E-state index is 10.4. The van der Waals surface area contributed by atoms with Crippen molar-refractivity contribution < 1.29 is 4.79 Å². The third-order valence-corrected chi connectivity index (χ3v) is 2.21. The number of hydrogen-bond acceptors (Lipinski definition) is 5. The predicted molar refractivity (Wildman–Crippen MR) is 58.4 cm³/mol. The van der Waals surface area contributed by atoms with Gasteiger partial charge in [0.25, 0.3) is 0 Å². The largest absolute Gasteiger partial charge is 0.399 e. The Balaban J connectivity index is 2.15. The summed E-state index contributed by atoms with van der Waals surface area (Å²) < 4.78 is 0. The summed E-state index contributed by atoms with van der Waals surface area (Å²) in [6.45, 7) is 0.570. The molecule has 1 aromatic carbocycles. The van der Waals surface area contributed by atoms with Crippen LogP contribution in [0.25, 0.3) is 0 Å². The van der Waals surface area contributed by atoms with Gasteiger partial charge in [-0.15, -0.1) is 0 Å². The van der Waals surface area contributed by atoms with E-state index in [-0.39, 0.29) is 6.17 Å². The van der Waals surface area contributed by atoms with Gasteiger partial charge in [-0.1, -0.05) is 12.1 Å². The second-order valence-electron chi connectivity index (χ2n) is 3.30. The van der Waals surface area contributed by atoms with Crippen molar-refractivity contribution in [1.29, 1.82) is 0 Å². The molecule has 0 radical (unpaired) electrons. The quantitative estimate of drug-likeness (QED) is 0.456. The van der Waals surface area contributed by atoms with Gasteiger partial charge in [0.15, 0.2) is 6.29 Å². The molecule has 1 atom stereocenters. The van der Waals surface area contributed by atoms with E-state index in [4.69, 9.17) is 5.73 Å². The van der Waals surface area contributed by atoms with Gasteiger partial charge in [0.1, 0.15) is 6.17 Å². The summed E-state index contributed by atoms with van der Waals surface area (Å²) in [4.78, 5) is 10.4. The van der Waals surface area contributed by atoms with Crippen LogP contribution in [0, 0.1) is 0 Å². The highest BCUT2D eigenvalue weighted by Gasteiger charge is 2.13. The number of nitrogen functional groups attached to an aromatic ring is 1. The molecule has 0 fully saturated rings. The highest BCUT2D eigenvalue weighted by atomic mass is 16.1. The molecule has 0 spiro atoms. The fourth-order valence-corrected chi connectivity index (χ4v) is 1.36. The van der Waals surface area contributed by atoms with E-state index in [9.17, 15) is 4.79 Å². The van der Waals surface area contributed by atoms with Crippen molar-refractivity contribution in [2.45, 2.75) is 6.17 Å². The molecule has 0 bridgehead atoms. The Labute approximate surface area is 87.4 Å². The first-order valence-electron chi connectivity index (χ1n) is 4.66. The molecule has 0 amide bonds. The topological polar surface area (TPSA) is 79.5 Å². The summed E-state index contributed by atoms with van der Waals surface area (Å²) in [5, 5.41) is 7.10. The van der Waals surface area contributed by atoms with E-state index >= 15 is 0 Å². The lowest BCUT2D eigenvalue weighted by Crippen LogP contribution is -2.48. The lowest BCUT2D eigenvalue weighted by atomic mass is 10.1. The van der Waals surface area contributed by atoms with E-state index in [1.54, 1.807) is 0 Å². The molecular formula is C10H12N4O. The van der Waals surface area contributed by atoms with Crippen LogP contribution in [0.2, 0.25) is 0 Å².